The van der Waals surface area contributed by atoms with Crippen molar-refractivity contribution in [3.8, 4) is 0 Å². The highest BCUT2D eigenvalue weighted by atomic mass is 127. The van der Waals surface area contributed by atoms with Crippen molar-refractivity contribution in [1.29, 1.82) is 0 Å². The average Bonchev–Trinajstić information content (AvgIpc) is 2.77. The van der Waals surface area contributed by atoms with Gasteiger partial charge in [-0.1, -0.05) is 24.3 Å². The van der Waals surface area contributed by atoms with Gasteiger partial charge in [-0.3, -0.25) is 4.79 Å². The van der Waals surface area contributed by atoms with Gasteiger partial charge in [0.2, 0.25) is 15.9 Å². The fourth-order valence-corrected chi connectivity index (χ4v) is 5.22. The molecule has 2 N–H and O–H groups in total. The predicted octanol–water partition coefficient (Wildman–Crippen LogP) is 1.60. The third-order valence-electron chi connectivity index (χ3n) is 6.11. The van der Waals surface area contributed by atoms with Crippen molar-refractivity contribution in [1.82, 2.24) is 19.8 Å². The SMILES string of the molecule is CCS(=O)(=O)N1CCC(NC(=NCC(=O)N(C)C)NC2CCc3ccccc3C2)CC1.I. The Morgan fingerprint density at radius 1 is 1.09 bits per heavy atom. The highest BCUT2D eigenvalue weighted by molar-refractivity contribution is 14.0. The summed E-state index contributed by atoms with van der Waals surface area (Å²) in [6.07, 6.45) is 4.38. The molecule has 1 aliphatic carbocycles. The van der Waals surface area contributed by atoms with E-state index in [-0.39, 0.29) is 54.3 Å². The van der Waals surface area contributed by atoms with Crippen LogP contribution in [0.1, 0.15) is 37.3 Å². The predicted molar refractivity (Wildman–Crippen MR) is 139 cm³/mol. The van der Waals surface area contributed by atoms with Crippen molar-refractivity contribution < 1.29 is 13.2 Å². The van der Waals surface area contributed by atoms with Gasteiger partial charge >= 0.3 is 0 Å². The number of guanidine groups is 1. The number of nitrogens with one attached hydrogen (secondary N) is 2. The quantitative estimate of drug-likeness (QED) is 0.305. The maximum atomic E-state index is 12.1. The third kappa shape index (κ3) is 7.31. The number of benzene rings is 1. The van der Waals surface area contributed by atoms with E-state index in [1.54, 1.807) is 25.3 Å². The number of sulfonamides is 1. The Hall–Kier alpha value is -1.40. The Morgan fingerprint density at radius 2 is 1.72 bits per heavy atom. The molecule has 0 spiro atoms. The van der Waals surface area contributed by atoms with Gasteiger partial charge in [-0.25, -0.2) is 17.7 Å². The zero-order valence-corrected chi connectivity index (χ0v) is 22.4. The number of aliphatic imine (C=N–C) groups is 1. The molecule has 1 atom stereocenters. The fourth-order valence-electron chi connectivity index (χ4n) is 4.09. The molecular weight excluding hydrogens is 541 g/mol. The number of hydrogen-bond acceptors (Lipinski definition) is 4. The van der Waals surface area contributed by atoms with Crippen LogP contribution in [0.2, 0.25) is 0 Å². The third-order valence-corrected chi connectivity index (χ3v) is 7.99. The lowest BCUT2D eigenvalue weighted by Crippen LogP contribution is -2.52. The van der Waals surface area contributed by atoms with Crippen LogP contribution in [-0.2, 0) is 27.7 Å². The summed E-state index contributed by atoms with van der Waals surface area (Å²) in [7, 11) is 0.299. The van der Waals surface area contributed by atoms with E-state index in [1.165, 1.54) is 16.0 Å². The molecule has 0 bridgehead atoms. The second-order valence-electron chi connectivity index (χ2n) is 8.52. The van der Waals surface area contributed by atoms with E-state index in [0.29, 0.717) is 19.0 Å². The van der Waals surface area contributed by atoms with Crippen molar-refractivity contribution in [3.05, 3.63) is 35.4 Å². The summed E-state index contributed by atoms with van der Waals surface area (Å²) in [5.41, 5.74) is 2.76. The second kappa shape index (κ2) is 12.2. The van der Waals surface area contributed by atoms with E-state index >= 15 is 0 Å². The molecule has 3 rings (SSSR count). The molecule has 1 aromatic rings. The molecule has 0 aromatic heterocycles. The van der Waals surface area contributed by atoms with E-state index in [9.17, 15) is 13.2 Å². The Kier molecular flexibility index (Phi) is 10.2. The maximum Gasteiger partial charge on any atom is 0.243 e. The van der Waals surface area contributed by atoms with Crippen LogP contribution < -0.4 is 10.6 Å². The van der Waals surface area contributed by atoms with E-state index in [0.717, 1.165) is 32.1 Å². The number of fused-ring (bicyclic) bond motifs is 1. The number of rotatable bonds is 6. The molecule has 1 amide bonds. The van der Waals surface area contributed by atoms with Crippen LogP contribution >= 0.6 is 24.0 Å². The molecule has 0 radical (unpaired) electrons. The maximum absolute atomic E-state index is 12.1. The van der Waals surface area contributed by atoms with Gasteiger partial charge in [-0.2, -0.15) is 0 Å². The summed E-state index contributed by atoms with van der Waals surface area (Å²) in [5, 5.41) is 6.99. The van der Waals surface area contributed by atoms with E-state index in [1.807, 2.05) is 0 Å². The first-order chi connectivity index (χ1) is 14.8. The summed E-state index contributed by atoms with van der Waals surface area (Å²) in [5.74, 6) is 0.713. The Morgan fingerprint density at radius 3 is 2.34 bits per heavy atom. The van der Waals surface area contributed by atoms with Gasteiger partial charge in [0, 0.05) is 39.3 Å². The summed E-state index contributed by atoms with van der Waals surface area (Å²) in [6, 6.07) is 8.89. The highest BCUT2D eigenvalue weighted by Gasteiger charge is 2.28. The molecular formula is C22H36IN5O3S. The van der Waals surface area contributed by atoms with Crippen molar-refractivity contribution in [2.75, 3.05) is 39.5 Å². The standard InChI is InChI=1S/C22H35N5O3S.HI/c1-4-31(29,30)27-13-11-19(12-14-27)24-22(23-16-21(28)26(2)3)25-20-10-9-17-7-5-6-8-18(17)15-20;/h5-8,19-20H,4,9-16H2,1-3H3,(H2,23,24,25);1H. The Balaban J connectivity index is 0.00000363. The molecule has 180 valence electrons. The van der Waals surface area contributed by atoms with Crippen molar-refractivity contribution >= 4 is 45.9 Å². The minimum Gasteiger partial charge on any atom is -0.354 e. The number of nitrogens with zero attached hydrogens (tertiary/aromatic N) is 3. The number of aryl methyl sites for hydroxylation is 1. The molecule has 0 saturated carbocycles. The Labute approximate surface area is 209 Å². The number of amides is 1. The van der Waals surface area contributed by atoms with Gasteiger partial charge in [-0.15, -0.1) is 24.0 Å². The number of hydrogen-bond donors (Lipinski definition) is 2. The number of carbonyl (C=O) groups excluding carboxylic acids is 1. The van der Waals surface area contributed by atoms with Gasteiger partial charge in [0.15, 0.2) is 5.96 Å². The molecule has 1 heterocycles. The van der Waals surface area contributed by atoms with Crippen LogP contribution in [-0.4, -0.2) is 81.1 Å². The number of likely N-dealkylation sites (N-methyl/N-ethyl adjacent to an activating group) is 1. The Bertz CT molecular complexity index is 899. The van der Waals surface area contributed by atoms with Crippen LogP contribution in [0.15, 0.2) is 29.3 Å². The van der Waals surface area contributed by atoms with Crippen LogP contribution in [0.4, 0.5) is 0 Å². The number of halogens is 1. The van der Waals surface area contributed by atoms with Crippen molar-refractivity contribution in [2.24, 2.45) is 4.99 Å². The zero-order valence-electron chi connectivity index (χ0n) is 19.2. The largest absolute Gasteiger partial charge is 0.354 e. The normalized spacial score (nSPS) is 20.1. The van der Waals surface area contributed by atoms with E-state index in [4.69, 9.17) is 0 Å². The van der Waals surface area contributed by atoms with Gasteiger partial charge in [0.05, 0.1) is 5.75 Å². The molecule has 1 unspecified atom stereocenters. The van der Waals surface area contributed by atoms with Crippen LogP contribution in [0, 0.1) is 0 Å². The van der Waals surface area contributed by atoms with E-state index < -0.39 is 10.0 Å². The second-order valence-corrected chi connectivity index (χ2v) is 10.8. The van der Waals surface area contributed by atoms with E-state index in [2.05, 4.69) is 39.9 Å². The summed E-state index contributed by atoms with van der Waals surface area (Å²) >= 11 is 0. The van der Waals surface area contributed by atoms with Gasteiger partial charge in [0.25, 0.3) is 0 Å². The lowest BCUT2D eigenvalue weighted by molar-refractivity contribution is -0.127. The first-order valence-corrected chi connectivity index (χ1v) is 12.7. The topological polar surface area (TPSA) is 94.1 Å². The lowest BCUT2D eigenvalue weighted by Gasteiger charge is -2.33. The van der Waals surface area contributed by atoms with Crippen LogP contribution in [0.3, 0.4) is 0 Å². The van der Waals surface area contributed by atoms with Crippen LogP contribution in [0.25, 0.3) is 0 Å². The van der Waals surface area contributed by atoms with Crippen molar-refractivity contribution in [2.45, 2.75) is 51.1 Å². The average molecular weight is 578 g/mol. The fraction of sp³-hybridized carbons (Fsp3) is 0.636. The molecule has 1 aliphatic heterocycles. The van der Waals surface area contributed by atoms with Crippen molar-refractivity contribution in [3.63, 3.8) is 0 Å². The minimum absolute atomic E-state index is 0. The van der Waals surface area contributed by atoms with Gasteiger partial charge < -0.3 is 15.5 Å². The monoisotopic (exact) mass is 577 g/mol. The highest BCUT2D eigenvalue weighted by Crippen LogP contribution is 2.21. The lowest BCUT2D eigenvalue weighted by atomic mass is 9.88. The molecule has 1 aromatic carbocycles. The molecule has 10 heteroatoms. The summed E-state index contributed by atoms with van der Waals surface area (Å²) < 4.78 is 25.8. The molecule has 1 saturated heterocycles. The van der Waals surface area contributed by atoms with Gasteiger partial charge in [-0.05, 0) is 50.2 Å². The first-order valence-electron chi connectivity index (χ1n) is 11.1. The zero-order chi connectivity index (χ0) is 22.4. The molecule has 32 heavy (non-hydrogen) atoms. The first kappa shape index (κ1) is 26.8. The number of carbonyl (C=O) groups is 1. The number of piperidine rings is 1. The summed E-state index contributed by atoms with van der Waals surface area (Å²) in [6.45, 7) is 2.77. The smallest absolute Gasteiger partial charge is 0.243 e. The van der Waals surface area contributed by atoms with Crippen LogP contribution in [0.5, 0.6) is 0 Å². The van der Waals surface area contributed by atoms with Gasteiger partial charge in [0.1, 0.15) is 6.54 Å². The summed E-state index contributed by atoms with van der Waals surface area (Å²) in [4.78, 5) is 18.1. The minimum atomic E-state index is -3.15. The molecule has 8 nitrogen and oxygen atoms in total. The molecule has 1 fully saturated rings. The molecule has 2 aliphatic rings.